The Balaban J connectivity index is 2.90. The first-order valence-corrected chi connectivity index (χ1v) is 8.88. The van der Waals surface area contributed by atoms with Crippen LogP contribution >= 0.6 is 0 Å². The van der Waals surface area contributed by atoms with Gasteiger partial charge >= 0.3 is 0 Å². The van der Waals surface area contributed by atoms with Crippen molar-refractivity contribution < 1.29 is 8.42 Å². The molecule has 0 atom stereocenters. The zero-order valence-electron chi connectivity index (χ0n) is 13.3. The average Bonchev–Trinajstić information content (AvgIpc) is 2.33. The third-order valence-electron chi connectivity index (χ3n) is 2.94. The fourth-order valence-corrected chi connectivity index (χ4v) is 2.37. The molecule has 1 rings (SSSR count). The Morgan fingerprint density at radius 1 is 1.19 bits per heavy atom. The first-order chi connectivity index (χ1) is 9.54. The number of nitrogens with one attached hydrogen (secondary N) is 2. The van der Waals surface area contributed by atoms with Crippen molar-refractivity contribution in [1.29, 1.82) is 0 Å². The highest BCUT2D eigenvalue weighted by Crippen LogP contribution is 2.25. The van der Waals surface area contributed by atoms with Crippen LogP contribution in [-0.4, -0.2) is 36.9 Å². The van der Waals surface area contributed by atoms with Crippen molar-refractivity contribution in [3.8, 4) is 0 Å². The average molecular weight is 315 g/mol. The van der Waals surface area contributed by atoms with Crippen LogP contribution in [0.4, 0.5) is 11.6 Å². The molecule has 0 radical (unpaired) electrons. The minimum Gasteiger partial charge on any atom is -0.370 e. The van der Waals surface area contributed by atoms with E-state index in [0.717, 1.165) is 5.56 Å². The van der Waals surface area contributed by atoms with E-state index in [1.165, 1.54) is 6.26 Å². The largest absolute Gasteiger partial charge is 0.370 e. The first-order valence-electron chi connectivity index (χ1n) is 6.82. The molecular formula is C13H25N5O2S. The minimum atomic E-state index is -2.94. The molecule has 1 aromatic heterocycles. The molecule has 21 heavy (non-hydrogen) atoms. The van der Waals surface area contributed by atoms with E-state index in [-0.39, 0.29) is 11.2 Å². The minimum absolute atomic E-state index is 0.151. The molecule has 0 saturated heterocycles. The van der Waals surface area contributed by atoms with E-state index in [9.17, 15) is 8.42 Å². The number of aromatic nitrogens is 2. The van der Waals surface area contributed by atoms with Gasteiger partial charge in [-0.15, -0.1) is 0 Å². The second-order valence-electron chi connectivity index (χ2n) is 6.17. The number of nitrogens with zero attached hydrogens (tertiary/aromatic N) is 2. The number of rotatable bonds is 6. The van der Waals surface area contributed by atoms with Gasteiger partial charge in [0, 0.05) is 23.8 Å². The Hall–Kier alpha value is -1.41. The molecule has 0 aliphatic carbocycles. The standard InChI is InChI=1S/C13H25N5O2S/c1-9-10(15-7-6-8-21(5,19)20)16-12(13(2,3)4)17-11(9)18-14/h6-8,14H2,1-5H3,(H2,15,16,17,18). The van der Waals surface area contributed by atoms with Gasteiger partial charge < -0.3 is 10.7 Å². The summed E-state index contributed by atoms with van der Waals surface area (Å²) >= 11 is 0. The predicted octanol–water partition coefficient (Wildman–Crippen LogP) is 1.21. The van der Waals surface area contributed by atoms with Crippen LogP contribution in [0.3, 0.4) is 0 Å². The van der Waals surface area contributed by atoms with Gasteiger partial charge in [-0.05, 0) is 13.3 Å². The highest BCUT2D eigenvalue weighted by molar-refractivity contribution is 7.90. The molecule has 8 heteroatoms. The second-order valence-corrected chi connectivity index (χ2v) is 8.43. The summed E-state index contributed by atoms with van der Waals surface area (Å²) in [6.07, 6.45) is 1.76. The predicted molar refractivity (Wildman–Crippen MR) is 86.1 cm³/mol. The maximum Gasteiger partial charge on any atom is 0.148 e. The lowest BCUT2D eigenvalue weighted by atomic mass is 9.95. The number of hydrazine groups is 1. The Morgan fingerprint density at radius 2 is 1.76 bits per heavy atom. The highest BCUT2D eigenvalue weighted by Gasteiger charge is 2.20. The number of hydrogen-bond donors (Lipinski definition) is 3. The SMILES string of the molecule is Cc1c(NN)nc(C(C)(C)C)nc1NCCCS(C)(=O)=O. The van der Waals surface area contributed by atoms with Crippen molar-refractivity contribution in [1.82, 2.24) is 9.97 Å². The van der Waals surface area contributed by atoms with E-state index in [1.807, 2.05) is 27.7 Å². The molecule has 0 saturated carbocycles. The second kappa shape index (κ2) is 6.57. The molecule has 0 aliphatic heterocycles. The van der Waals surface area contributed by atoms with Crippen LogP contribution in [0.5, 0.6) is 0 Å². The van der Waals surface area contributed by atoms with Crippen molar-refractivity contribution in [2.24, 2.45) is 5.84 Å². The van der Waals surface area contributed by atoms with E-state index in [1.54, 1.807) is 0 Å². The van der Waals surface area contributed by atoms with Crippen LogP contribution in [-0.2, 0) is 15.3 Å². The lowest BCUT2D eigenvalue weighted by Gasteiger charge is -2.20. The Kier molecular flexibility index (Phi) is 5.52. The van der Waals surface area contributed by atoms with Gasteiger partial charge in [-0.2, -0.15) is 0 Å². The Labute approximate surface area is 126 Å². The van der Waals surface area contributed by atoms with Crippen molar-refractivity contribution in [2.75, 3.05) is 29.3 Å². The molecule has 0 aromatic carbocycles. The van der Waals surface area contributed by atoms with Gasteiger partial charge in [0.1, 0.15) is 27.3 Å². The third kappa shape index (κ3) is 5.47. The van der Waals surface area contributed by atoms with Crippen LogP contribution in [0, 0.1) is 6.92 Å². The molecule has 120 valence electrons. The Bertz CT molecular complexity index is 593. The topological polar surface area (TPSA) is 110 Å². The van der Waals surface area contributed by atoms with Crippen LogP contribution in [0.1, 0.15) is 38.6 Å². The van der Waals surface area contributed by atoms with Gasteiger partial charge in [0.25, 0.3) is 0 Å². The zero-order chi connectivity index (χ0) is 16.3. The number of nitrogen functional groups attached to an aromatic ring is 1. The van der Waals surface area contributed by atoms with E-state index in [4.69, 9.17) is 5.84 Å². The molecule has 0 unspecified atom stereocenters. The highest BCUT2D eigenvalue weighted by atomic mass is 32.2. The normalized spacial score (nSPS) is 12.3. The molecule has 7 nitrogen and oxygen atoms in total. The van der Waals surface area contributed by atoms with Gasteiger partial charge in [0.05, 0.1) is 5.75 Å². The lowest BCUT2D eigenvalue weighted by molar-refractivity contribution is 0.546. The van der Waals surface area contributed by atoms with Crippen molar-refractivity contribution in [3.05, 3.63) is 11.4 Å². The van der Waals surface area contributed by atoms with Crippen LogP contribution in [0.25, 0.3) is 0 Å². The molecule has 1 aromatic rings. The maximum atomic E-state index is 11.1. The third-order valence-corrected chi connectivity index (χ3v) is 3.97. The number of nitrogens with two attached hydrogens (primary N) is 1. The fourth-order valence-electron chi connectivity index (χ4n) is 1.71. The molecule has 4 N–H and O–H groups in total. The lowest BCUT2D eigenvalue weighted by Crippen LogP contribution is -2.22. The van der Waals surface area contributed by atoms with Gasteiger partial charge in [0.2, 0.25) is 0 Å². The molecule has 1 heterocycles. The Morgan fingerprint density at radius 3 is 2.24 bits per heavy atom. The first kappa shape index (κ1) is 17.6. The summed E-state index contributed by atoms with van der Waals surface area (Å²) in [6, 6.07) is 0. The zero-order valence-corrected chi connectivity index (χ0v) is 14.1. The van der Waals surface area contributed by atoms with E-state index in [0.29, 0.717) is 30.4 Å². The summed E-state index contributed by atoms with van der Waals surface area (Å²) in [5.41, 5.74) is 3.18. The molecular weight excluding hydrogens is 290 g/mol. The van der Waals surface area contributed by atoms with Gasteiger partial charge in [-0.25, -0.2) is 24.2 Å². The summed E-state index contributed by atoms with van der Waals surface area (Å²) < 4.78 is 22.2. The quantitative estimate of drug-likeness (QED) is 0.411. The summed E-state index contributed by atoms with van der Waals surface area (Å²) in [6.45, 7) is 8.45. The van der Waals surface area contributed by atoms with E-state index in [2.05, 4.69) is 20.7 Å². The van der Waals surface area contributed by atoms with Crippen LogP contribution in [0.2, 0.25) is 0 Å². The van der Waals surface area contributed by atoms with Crippen LogP contribution < -0.4 is 16.6 Å². The molecule has 0 fully saturated rings. The summed E-state index contributed by atoms with van der Waals surface area (Å²) in [7, 11) is -2.94. The molecule has 0 bridgehead atoms. The van der Waals surface area contributed by atoms with Gasteiger partial charge in [-0.3, -0.25) is 0 Å². The monoisotopic (exact) mass is 315 g/mol. The summed E-state index contributed by atoms with van der Waals surface area (Å²) in [4.78, 5) is 8.93. The van der Waals surface area contributed by atoms with Gasteiger partial charge in [-0.1, -0.05) is 20.8 Å². The smallest absolute Gasteiger partial charge is 0.148 e. The van der Waals surface area contributed by atoms with Crippen LogP contribution in [0.15, 0.2) is 0 Å². The number of anilines is 2. The van der Waals surface area contributed by atoms with Gasteiger partial charge in [0.15, 0.2) is 0 Å². The fraction of sp³-hybridized carbons (Fsp3) is 0.692. The van der Waals surface area contributed by atoms with E-state index < -0.39 is 9.84 Å². The molecule has 0 aliphatic rings. The molecule has 0 spiro atoms. The molecule has 0 amide bonds. The number of sulfone groups is 1. The van der Waals surface area contributed by atoms with Crippen molar-refractivity contribution in [3.63, 3.8) is 0 Å². The number of hydrogen-bond acceptors (Lipinski definition) is 7. The summed E-state index contributed by atoms with van der Waals surface area (Å²) in [5.74, 6) is 7.57. The van der Waals surface area contributed by atoms with E-state index >= 15 is 0 Å². The maximum absolute atomic E-state index is 11.1. The van der Waals surface area contributed by atoms with Crippen molar-refractivity contribution >= 4 is 21.5 Å². The van der Waals surface area contributed by atoms with Crippen molar-refractivity contribution in [2.45, 2.75) is 39.5 Å². The summed E-state index contributed by atoms with van der Waals surface area (Å²) in [5, 5.41) is 3.16.